The number of unbranched alkanes of at least 4 members (excludes halogenated alkanes) is 3. The Morgan fingerprint density at radius 3 is 2.56 bits per heavy atom. The van der Waals surface area contributed by atoms with E-state index in [4.69, 9.17) is 21.8 Å². The number of benzene rings is 1. The Labute approximate surface area is 191 Å². The molecule has 0 bridgehead atoms. The van der Waals surface area contributed by atoms with Crippen LogP contribution in [0.4, 0.5) is 11.5 Å². The number of nitrogens with two attached hydrogens (primary N) is 1. The number of rotatable bonds is 9. The normalized spacial score (nSPS) is 11.2. The first-order chi connectivity index (χ1) is 15.3. The minimum atomic E-state index is -0.697. The van der Waals surface area contributed by atoms with Crippen LogP contribution in [0.3, 0.4) is 0 Å². The average Bonchev–Trinajstić information content (AvgIpc) is 3.10. The number of aromatic amines is 1. The van der Waals surface area contributed by atoms with Crippen molar-refractivity contribution < 1.29 is 9.21 Å². The first-order valence-electron chi connectivity index (χ1n) is 10.9. The summed E-state index contributed by atoms with van der Waals surface area (Å²) in [5.41, 5.74) is 6.01. The van der Waals surface area contributed by atoms with E-state index < -0.39 is 17.2 Å². The topological polar surface area (TPSA) is 114 Å². The van der Waals surface area contributed by atoms with Crippen LogP contribution in [-0.4, -0.2) is 22.0 Å². The van der Waals surface area contributed by atoms with Gasteiger partial charge < -0.3 is 10.2 Å². The van der Waals surface area contributed by atoms with Gasteiger partial charge in [0.05, 0.1) is 5.02 Å². The molecule has 0 atom stereocenters. The standard InChI is InChI=1S/C23H29ClN4O4/c1-4-6-8-13-27(17-20(25)28(12-7-5-2)23(31)26-21(17)29)22(30)18-14(3)15-10-9-11-16(24)19(15)32-18/h9-11H,4-8,12-13,25H2,1-3H3,(H,26,29,31). The highest BCUT2D eigenvalue weighted by Gasteiger charge is 2.29. The summed E-state index contributed by atoms with van der Waals surface area (Å²) in [6.07, 6.45) is 4.01. The molecule has 0 aliphatic rings. The van der Waals surface area contributed by atoms with Crippen LogP contribution in [0.2, 0.25) is 5.02 Å². The summed E-state index contributed by atoms with van der Waals surface area (Å²) in [5.74, 6) is -0.428. The predicted molar refractivity (Wildman–Crippen MR) is 128 cm³/mol. The Kier molecular flexibility index (Phi) is 7.45. The lowest BCUT2D eigenvalue weighted by atomic mass is 10.1. The average molecular weight is 461 g/mol. The fraction of sp³-hybridized carbons (Fsp3) is 0.435. The number of carbonyl (C=O) groups is 1. The summed E-state index contributed by atoms with van der Waals surface area (Å²) < 4.78 is 7.16. The highest BCUT2D eigenvalue weighted by atomic mass is 35.5. The number of hydrogen-bond acceptors (Lipinski definition) is 5. The maximum Gasteiger partial charge on any atom is 0.330 e. The molecule has 32 heavy (non-hydrogen) atoms. The van der Waals surface area contributed by atoms with Gasteiger partial charge in [0.1, 0.15) is 5.82 Å². The van der Waals surface area contributed by atoms with Crippen molar-refractivity contribution in [2.45, 2.75) is 59.4 Å². The summed E-state index contributed by atoms with van der Waals surface area (Å²) in [6, 6.07) is 5.30. The molecule has 0 unspecified atom stereocenters. The van der Waals surface area contributed by atoms with Crippen LogP contribution in [0, 0.1) is 6.92 Å². The number of fused-ring (bicyclic) bond motifs is 1. The number of carbonyl (C=O) groups excluding carboxylic acids is 1. The zero-order valence-electron chi connectivity index (χ0n) is 18.7. The van der Waals surface area contributed by atoms with Crippen molar-refractivity contribution in [3.63, 3.8) is 0 Å². The van der Waals surface area contributed by atoms with Gasteiger partial charge >= 0.3 is 5.69 Å². The molecule has 9 heteroatoms. The number of furan rings is 1. The van der Waals surface area contributed by atoms with E-state index in [9.17, 15) is 14.4 Å². The van der Waals surface area contributed by atoms with E-state index in [0.29, 0.717) is 35.6 Å². The second-order valence-corrected chi connectivity index (χ2v) is 8.24. The molecule has 0 saturated carbocycles. The number of nitrogens with one attached hydrogen (secondary N) is 1. The van der Waals surface area contributed by atoms with Gasteiger partial charge in [-0.05, 0) is 25.8 Å². The molecule has 0 aliphatic carbocycles. The molecule has 0 fully saturated rings. The molecule has 172 valence electrons. The summed E-state index contributed by atoms with van der Waals surface area (Å²) in [6.45, 7) is 6.42. The van der Waals surface area contributed by atoms with E-state index in [-0.39, 0.29) is 23.8 Å². The van der Waals surface area contributed by atoms with Crippen LogP contribution in [0.15, 0.2) is 32.2 Å². The molecule has 0 spiro atoms. The van der Waals surface area contributed by atoms with Crippen molar-refractivity contribution in [2.24, 2.45) is 0 Å². The quantitative estimate of drug-likeness (QED) is 0.457. The Hall–Kier alpha value is -3.00. The van der Waals surface area contributed by atoms with Gasteiger partial charge in [0.15, 0.2) is 17.0 Å². The monoisotopic (exact) mass is 460 g/mol. The van der Waals surface area contributed by atoms with Crippen molar-refractivity contribution in [3.8, 4) is 0 Å². The van der Waals surface area contributed by atoms with Gasteiger partial charge in [0, 0.05) is 24.0 Å². The first-order valence-corrected chi connectivity index (χ1v) is 11.3. The van der Waals surface area contributed by atoms with Gasteiger partial charge in [-0.2, -0.15) is 0 Å². The van der Waals surface area contributed by atoms with Crippen molar-refractivity contribution >= 4 is 40.0 Å². The van der Waals surface area contributed by atoms with Crippen LogP contribution >= 0.6 is 11.6 Å². The molecule has 2 heterocycles. The Balaban J connectivity index is 2.15. The Bertz CT molecular complexity index is 1240. The van der Waals surface area contributed by atoms with Crippen LogP contribution in [-0.2, 0) is 6.54 Å². The molecule has 0 saturated heterocycles. The van der Waals surface area contributed by atoms with E-state index in [0.717, 1.165) is 24.6 Å². The van der Waals surface area contributed by atoms with Crippen LogP contribution < -0.4 is 21.9 Å². The molecule has 1 aromatic carbocycles. The SMILES string of the molecule is CCCCCN(C(=O)c1oc2c(Cl)cccc2c1C)c1c(N)n(CCCC)c(=O)[nH]c1=O. The predicted octanol–water partition coefficient (Wildman–Crippen LogP) is 4.46. The second-order valence-electron chi connectivity index (χ2n) is 7.83. The number of para-hydroxylation sites is 1. The molecular formula is C23H29ClN4O4. The molecule has 0 radical (unpaired) electrons. The summed E-state index contributed by atoms with van der Waals surface area (Å²) >= 11 is 6.25. The second kappa shape index (κ2) is 10.1. The van der Waals surface area contributed by atoms with Crippen LogP contribution in [0.25, 0.3) is 11.0 Å². The number of H-pyrrole nitrogens is 1. The molecular weight excluding hydrogens is 432 g/mol. The van der Waals surface area contributed by atoms with Gasteiger partial charge in [0.2, 0.25) is 0 Å². The first kappa shape index (κ1) is 23.7. The minimum Gasteiger partial charge on any atom is -0.449 e. The molecule has 3 N–H and O–H groups in total. The van der Waals surface area contributed by atoms with Crippen LogP contribution in [0.5, 0.6) is 0 Å². The zero-order chi connectivity index (χ0) is 23.4. The van der Waals surface area contributed by atoms with Gasteiger partial charge in [-0.25, -0.2) is 4.79 Å². The smallest absolute Gasteiger partial charge is 0.330 e. The summed E-state index contributed by atoms with van der Waals surface area (Å²) in [4.78, 5) is 42.4. The lowest BCUT2D eigenvalue weighted by molar-refractivity contribution is 0.0960. The van der Waals surface area contributed by atoms with E-state index in [2.05, 4.69) is 4.98 Å². The van der Waals surface area contributed by atoms with Crippen molar-refractivity contribution in [2.75, 3.05) is 17.2 Å². The maximum atomic E-state index is 13.6. The fourth-order valence-electron chi connectivity index (χ4n) is 3.75. The lowest BCUT2D eigenvalue weighted by Crippen LogP contribution is -2.41. The fourth-order valence-corrected chi connectivity index (χ4v) is 3.96. The number of amides is 1. The largest absolute Gasteiger partial charge is 0.449 e. The Morgan fingerprint density at radius 1 is 1.19 bits per heavy atom. The summed E-state index contributed by atoms with van der Waals surface area (Å²) in [7, 11) is 0. The third-order valence-electron chi connectivity index (χ3n) is 5.56. The van der Waals surface area contributed by atoms with Gasteiger partial charge in [-0.3, -0.25) is 24.0 Å². The van der Waals surface area contributed by atoms with E-state index in [1.807, 2.05) is 19.9 Å². The van der Waals surface area contributed by atoms with Gasteiger partial charge in [-0.1, -0.05) is 56.8 Å². The number of aryl methyl sites for hydroxylation is 1. The van der Waals surface area contributed by atoms with Crippen molar-refractivity contribution in [1.82, 2.24) is 9.55 Å². The molecule has 2 aromatic heterocycles. The summed E-state index contributed by atoms with van der Waals surface area (Å²) in [5, 5.41) is 1.12. The van der Waals surface area contributed by atoms with Crippen molar-refractivity contribution in [1.29, 1.82) is 0 Å². The van der Waals surface area contributed by atoms with Crippen LogP contribution in [0.1, 0.15) is 62.1 Å². The number of halogens is 1. The van der Waals surface area contributed by atoms with Gasteiger partial charge in [-0.15, -0.1) is 0 Å². The molecule has 1 amide bonds. The third kappa shape index (κ3) is 4.46. The van der Waals surface area contributed by atoms with E-state index in [1.54, 1.807) is 19.1 Å². The van der Waals surface area contributed by atoms with E-state index >= 15 is 0 Å². The number of nitrogens with zero attached hydrogens (tertiary/aromatic N) is 2. The molecule has 3 aromatic rings. The molecule has 0 aliphatic heterocycles. The molecule has 3 rings (SSSR count). The van der Waals surface area contributed by atoms with E-state index in [1.165, 1.54) is 9.47 Å². The highest BCUT2D eigenvalue weighted by Crippen LogP contribution is 2.32. The number of hydrogen-bond donors (Lipinski definition) is 2. The van der Waals surface area contributed by atoms with Gasteiger partial charge in [0.25, 0.3) is 11.5 Å². The zero-order valence-corrected chi connectivity index (χ0v) is 19.4. The molecule has 8 nitrogen and oxygen atoms in total. The lowest BCUT2D eigenvalue weighted by Gasteiger charge is -2.24. The van der Waals surface area contributed by atoms with Crippen molar-refractivity contribution in [3.05, 3.63) is 55.4 Å². The maximum absolute atomic E-state index is 13.6. The third-order valence-corrected chi connectivity index (χ3v) is 5.86. The number of aromatic nitrogens is 2. The highest BCUT2D eigenvalue weighted by molar-refractivity contribution is 6.35. The number of anilines is 2. The number of nitrogen functional groups attached to an aromatic ring is 1. The Morgan fingerprint density at radius 2 is 1.91 bits per heavy atom. The minimum absolute atomic E-state index is 0.0242.